The summed E-state index contributed by atoms with van der Waals surface area (Å²) in [4.78, 5) is 16.8. The Balaban J connectivity index is 2.55. The van der Waals surface area contributed by atoms with Crippen LogP contribution in [0, 0.1) is 17.2 Å². The molecule has 0 spiro atoms. The van der Waals surface area contributed by atoms with E-state index in [1.807, 2.05) is 6.07 Å². The zero-order valence-corrected chi connectivity index (χ0v) is 8.06. The lowest BCUT2D eigenvalue weighted by molar-refractivity contribution is -0.132. The molecular formula is C8H11N5O. The third kappa shape index (κ3) is 2.29. The van der Waals surface area contributed by atoms with Crippen LogP contribution in [0.2, 0.25) is 0 Å². The van der Waals surface area contributed by atoms with Gasteiger partial charge in [0.1, 0.15) is 18.1 Å². The third-order valence-corrected chi connectivity index (χ3v) is 1.79. The Morgan fingerprint density at radius 3 is 3.07 bits per heavy atom. The van der Waals surface area contributed by atoms with Gasteiger partial charge in [-0.3, -0.25) is 9.89 Å². The molecule has 0 radical (unpaired) electrons. The van der Waals surface area contributed by atoms with Crippen molar-refractivity contribution in [2.24, 2.45) is 5.92 Å². The maximum absolute atomic E-state index is 11.4. The molecule has 0 saturated carbocycles. The van der Waals surface area contributed by atoms with Crippen LogP contribution in [0.5, 0.6) is 0 Å². The Bertz CT molecular complexity index is 339. The second-order valence-electron chi connectivity index (χ2n) is 2.98. The molecule has 6 nitrogen and oxygen atoms in total. The smallest absolute Gasteiger partial charge is 0.239 e. The number of H-pyrrole nitrogens is 1. The zero-order valence-electron chi connectivity index (χ0n) is 8.06. The molecule has 1 N–H and O–H groups in total. The van der Waals surface area contributed by atoms with Crippen LogP contribution in [0.1, 0.15) is 12.7 Å². The lowest BCUT2D eigenvalue weighted by Gasteiger charge is -2.16. The highest BCUT2D eigenvalue weighted by Gasteiger charge is 2.17. The molecule has 1 heterocycles. The fraction of sp³-hybridized carbons (Fsp3) is 0.500. The number of nitriles is 1. The van der Waals surface area contributed by atoms with Crippen molar-refractivity contribution in [2.45, 2.75) is 13.5 Å². The summed E-state index contributed by atoms with van der Waals surface area (Å²) in [6.07, 6.45) is 1.38. The van der Waals surface area contributed by atoms with Gasteiger partial charge in [0.2, 0.25) is 5.91 Å². The first-order chi connectivity index (χ1) is 6.65. The molecule has 1 rings (SSSR count). The molecule has 0 saturated heterocycles. The molecule has 0 bridgehead atoms. The van der Waals surface area contributed by atoms with Gasteiger partial charge in [-0.1, -0.05) is 0 Å². The van der Waals surface area contributed by atoms with Crippen molar-refractivity contribution in [2.75, 3.05) is 7.05 Å². The van der Waals surface area contributed by atoms with Crippen LogP contribution in [-0.4, -0.2) is 33.0 Å². The van der Waals surface area contributed by atoms with Crippen molar-refractivity contribution in [3.05, 3.63) is 12.2 Å². The Labute approximate surface area is 81.6 Å². The van der Waals surface area contributed by atoms with Gasteiger partial charge in [-0.05, 0) is 6.92 Å². The van der Waals surface area contributed by atoms with E-state index in [4.69, 9.17) is 5.26 Å². The van der Waals surface area contributed by atoms with Crippen LogP contribution in [0.15, 0.2) is 6.33 Å². The van der Waals surface area contributed by atoms with Gasteiger partial charge >= 0.3 is 0 Å². The van der Waals surface area contributed by atoms with Crippen molar-refractivity contribution < 1.29 is 4.79 Å². The van der Waals surface area contributed by atoms with Crippen LogP contribution < -0.4 is 0 Å². The first-order valence-electron chi connectivity index (χ1n) is 4.14. The number of nitrogens with zero attached hydrogens (tertiary/aromatic N) is 4. The summed E-state index contributed by atoms with van der Waals surface area (Å²) in [7, 11) is 1.62. The van der Waals surface area contributed by atoms with Crippen molar-refractivity contribution in [1.29, 1.82) is 5.26 Å². The standard InChI is InChI=1S/C8H11N5O/c1-6(3-9)8(14)13(2)4-7-10-5-11-12-7/h5-6H,4H2,1-2H3,(H,10,11,12). The van der Waals surface area contributed by atoms with Crippen LogP contribution in [-0.2, 0) is 11.3 Å². The largest absolute Gasteiger partial charge is 0.337 e. The van der Waals surface area contributed by atoms with E-state index in [-0.39, 0.29) is 5.91 Å². The average Bonchev–Trinajstić information content (AvgIpc) is 2.68. The van der Waals surface area contributed by atoms with E-state index in [1.54, 1.807) is 14.0 Å². The number of hydrogen-bond donors (Lipinski definition) is 1. The minimum Gasteiger partial charge on any atom is -0.337 e. The van der Waals surface area contributed by atoms with Gasteiger partial charge in [0.05, 0.1) is 12.6 Å². The number of rotatable bonds is 3. The summed E-state index contributed by atoms with van der Waals surface area (Å²) in [5.74, 6) is -0.238. The maximum Gasteiger partial charge on any atom is 0.239 e. The normalized spacial score (nSPS) is 11.8. The van der Waals surface area contributed by atoms with Gasteiger partial charge in [-0.2, -0.15) is 10.4 Å². The molecule has 0 aliphatic heterocycles. The molecular weight excluding hydrogens is 182 g/mol. The van der Waals surface area contributed by atoms with Gasteiger partial charge in [0, 0.05) is 7.05 Å². The van der Waals surface area contributed by atoms with Gasteiger partial charge in [-0.15, -0.1) is 0 Å². The predicted molar refractivity (Wildman–Crippen MR) is 47.6 cm³/mol. The van der Waals surface area contributed by atoms with E-state index in [2.05, 4.69) is 15.2 Å². The zero-order chi connectivity index (χ0) is 10.6. The highest BCUT2D eigenvalue weighted by Crippen LogP contribution is 2.02. The number of hydrogen-bond acceptors (Lipinski definition) is 4. The fourth-order valence-corrected chi connectivity index (χ4v) is 0.995. The molecule has 1 amide bonds. The topological polar surface area (TPSA) is 85.7 Å². The molecule has 1 atom stereocenters. The summed E-state index contributed by atoms with van der Waals surface area (Å²) >= 11 is 0. The van der Waals surface area contributed by atoms with Crippen molar-refractivity contribution in [1.82, 2.24) is 20.1 Å². The Morgan fingerprint density at radius 1 is 1.86 bits per heavy atom. The van der Waals surface area contributed by atoms with Gasteiger partial charge < -0.3 is 4.90 Å². The van der Waals surface area contributed by atoms with Crippen LogP contribution in [0.25, 0.3) is 0 Å². The predicted octanol–water partition coefficient (Wildman–Crippen LogP) is -0.0772. The first-order valence-corrected chi connectivity index (χ1v) is 4.14. The molecule has 0 aliphatic rings. The number of carbonyl (C=O) groups excluding carboxylic acids is 1. The number of aromatic amines is 1. The third-order valence-electron chi connectivity index (χ3n) is 1.79. The lowest BCUT2D eigenvalue weighted by Crippen LogP contribution is -2.30. The second kappa shape index (κ2) is 4.37. The Morgan fingerprint density at radius 2 is 2.57 bits per heavy atom. The lowest BCUT2D eigenvalue weighted by atomic mass is 10.2. The van der Waals surface area contributed by atoms with E-state index >= 15 is 0 Å². The van der Waals surface area contributed by atoms with Crippen molar-refractivity contribution in [3.8, 4) is 6.07 Å². The van der Waals surface area contributed by atoms with E-state index < -0.39 is 5.92 Å². The molecule has 1 unspecified atom stereocenters. The van der Waals surface area contributed by atoms with Crippen molar-refractivity contribution >= 4 is 5.91 Å². The van der Waals surface area contributed by atoms with E-state index in [1.165, 1.54) is 11.2 Å². The summed E-state index contributed by atoms with van der Waals surface area (Å²) < 4.78 is 0. The number of aromatic nitrogens is 3. The molecule has 74 valence electrons. The quantitative estimate of drug-likeness (QED) is 0.727. The average molecular weight is 193 g/mol. The highest BCUT2D eigenvalue weighted by molar-refractivity contribution is 5.80. The molecule has 1 aromatic heterocycles. The van der Waals surface area contributed by atoms with Gasteiger partial charge in [0.15, 0.2) is 0 Å². The van der Waals surface area contributed by atoms with Gasteiger partial charge in [-0.25, -0.2) is 4.98 Å². The van der Waals surface area contributed by atoms with E-state index in [0.717, 1.165) is 0 Å². The SMILES string of the molecule is CC(C#N)C(=O)N(C)Cc1ncn[nH]1. The summed E-state index contributed by atoms with van der Waals surface area (Å²) in [5.41, 5.74) is 0. The fourth-order valence-electron chi connectivity index (χ4n) is 0.995. The summed E-state index contributed by atoms with van der Waals surface area (Å²) in [6, 6.07) is 1.89. The molecule has 0 aromatic carbocycles. The monoisotopic (exact) mass is 193 g/mol. The number of carbonyl (C=O) groups is 1. The highest BCUT2D eigenvalue weighted by atomic mass is 16.2. The van der Waals surface area contributed by atoms with E-state index in [0.29, 0.717) is 12.4 Å². The van der Waals surface area contributed by atoms with Crippen LogP contribution in [0.3, 0.4) is 0 Å². The van der Waals surface area contributed by atoms with Gasteiger partial charge in [0.25, 0.3) is 0 Å². The maximum atomic E-state index is 11.4. The summed E-state index contributed by atoms with van der Waals surface area (Å²) in [5, 5.41) is 14.8. The Kier molecular flexibility index (Phi) is 3.18. The molecule has 0 aliphatic carbocycles. The van der Waals surface area contributed by atoms with Crippen LogP contribution >= 0.6 is 0 Å². The minimum absolute atomic E-state index is 0.219. The second-order valence-corrected chi connectivity index (χ2v) is 2.98. The summed E-state index contributed by atoms with van der Waals surface area (Å²) in [6.45, 7) is 1.91. The van der Waals surface area contributed by atoms with E-state index in [9.17, 15) is 4.79 Å². The number of amides is 1. The Hall–Kier alpha value is -1.90. The molecule has 14 heavy (non-hydrogen) atoms. The first kappa shape index (κ1) is 10.2. The van der Waals surface area contributed by atoms with Crippen molar-refractivity contribution in [3.63, 3.8) is 0 Å². The minimum atomic E-state index is -0.622. The molecule has 0 fully saturated rings. The van der Waals surface area contributed by atoms with Crippen LogP contribution in [0.4, 0.5) is 0 Å². The molecule has 1 aromatic rings. The number of nitrogens with one attached hydrogen (secondary N) is 1. The molecule has 6 heteroatoms.